The van der Waals surface area contributed by atoms with Gasteiger partial charge in [0, 0.05) is 11.3 Å². The number of cyclic esters (lactones) is 1. The molecule has 1 aromatic rings. The van der Waals surface area contributed by atoms with Gasteiger partial charge in [-0.3, -0.25) is 4.79 Å². The monoisotopic (exact) mass is 239 g/mol. The number of esters is 1. The Hall–Kier alpha value is -1.36. The maximum absolute atomic E-state index is 10.8. The molecule has 2 rings (SSSR count). The highest BCUT2D eigenvalue weighted by Gasteiger charge is 2.30. The van der Waals surface area contributed by atoms with Gasteiger partial charge in [0.1, 0.15) is 0 Å². The summed E-state index contributed by atoms with van der Waals surface area (Å²) >= 11 is 1.75. The van der Waals surface area contributed by atoms with Crippen molar-refractivity contribution in [1.29, 1.82) is 0 Å². The van der Waals surface area contributed by atoms with Crippen molar-refractivity contribution in [2.45, 2.75) is 31.9 Å². The van der Waals surface area contributed by atoms with Crippen LogP contribution in [0.5, 0.6) is 0 Å². The summed E-state index contributed by atoms with van der Waals surface area (Å²) in [6, 6.07) is 4.15. The van der Waals surface area contributed by atoms with Gasteiger partial charge in [0.25, 0.3) is 0 Å². The van der Waals surface area contributed by atoms with Crippen LogP contribution in [0.25, 0.3) is 0 Å². The first kappa shape index (κ1) is 11.1. The molecule has 0 aliphatic carbocycles. The normalized spacial score (nSPS) is 19.6. The second-order valence-electron chi connectivity index (χ2n) is 3.69. The molecule has 0 saturated carbocycles. The summed E-state index contributed by atoms with van der Waals surface area (Å²) in [5, 5.41) is 4.55. The van der Waals surface area contributed by atoms with Gasteiger partial charge in [-0.25, -0.2) is 4.79 Å². The molecule has 0 spiro atoms. The smallest absolute Gasteiger partial charge is 0.398 e. The van der Waals surface area contributed by atoms with E-state index in [4.69, 9.17) is 4.74 Å². The minimum Gasteiger partial charge on any atom is -0.435 e. The molecule has 4 nitrogen and oxygen atoms in total. The van der Waals surface area contributed by atoms with Crippen molar-refractivity contribution < 1.29 is 14.3 Å². The first-order valence-electron chi connectivity index (χ1n) is 5.29. The third kappa shape index (κ3) is 2.82. The summed E-state index contributed by atoms with van der Waals surface area (Å²) in [6.07, 6.45) is 3.32. The molecule has 2 heterocycles. The van der Waals surface area contributed by atoms with Crippen molar-refractivity contribution in [2.24, 2.45) is 0 Å². The van der Waals surface area contributed by atoms with Crippen LogP contribution in [0.15, 0.2) is 17.5 Å². The maximum Gasteiger partial charge on any atom is 0.398 e. The fourth-order valence-corrected chi connectivity index (χ4v) is 2.38. The van der Waals surface area contributed by atoms with Crippen LogP contribution in [0.4, 0.5) is 0 Å². The number of hydrogen-bond donors (Lipinski definition) is 1. The Morgan fingerprint density at radius 1 is 1.38 bits per heavy atom. The molecule has 5 heteroatoms. The molecule has 86 valence electrons. The molecular weight excluding hydrogens is 226 g/mol. The number of carbonyl (C=O) groups is 2. The van der Waals surface area contributed by atoms with Crippen LogP contribution in [0.1, 0.15) is 24.1 Å². The number of nitrogens with one attached hydrogen (secondary N) is 1. The Labute approximate surface area is 97.6 Å². The van der Waals surface area contributed by atoms with Gasteiger partial charge in [0.15, 0.2) is 6.23 Å². The summed E-state index contributed by atoms with van der Waals surface area (Å²) in [4.78, 5) is 23.0. The summed E-state index contributed by atoms with van der Waals surface area (Å²) in [6.45, 7) is 0. The van der Waals surface area contributed by atoms with Gasteiger partial charge in [-0.1, -0.05) is 6.07 Å². The average molecular weight is 239 g/mol. The molecule has 1 N–H and O–H groups in total. The number of amides is 1. The van der Waals surface area contributed by atoms with E-state index in [2.05, 4.69) is 16.8 Å². The standard InChI is InChI=1S/C11H13NO3S/c13-10-11(14)15-9(12-10)6-2-1-4-8-5-3-7-16-8/h3,5,7,9H,1-2,4,6H2,(H,12,13). The van der Waals surface area contributed by atoms with Gasteiger partial charge in [0.2, 0.25) is 0 Å². The first-order chi connectivity index (χ1) is 7.75. The number of thiophene rings is 1. The minimum absolute atomic E-state index is 0.414. The Kier molecular flexibility index (Phi) is 3.56. The topological polar surface area (TPSA) is 55.4 Å². The summed E-state index contributed by atoms with van der Waals surface area (Å²) < 4.78 is 4.81. The summed E-state index contributed by atoms with van der Waals surface area (Å²) in [7, 11) is 0. The van der Waals surface area contributed by atoms with Crippen molar-refractivity contribution in [3.63, 3.8) is 0 Å². The summed E-state index contributed by atoms with van der Waals surface area (Å²) in [5.41, 5.74) is 0. The predicted molar refractivity (Wildman–Crippen MR) is 59.9 cm³/mol. The molecule has 16 heavy (non-hydrogen) atoms. The van der Waals surface area contributed by atoms with Crippen molar-refractivity contribution in [1.82, 2.24) is 5.32 Å². The molecule has 0 aromatic carbocycles. The maximum atomic E-state index is 10.8. The molecular formula is C11H13NO3S. The molecule has 1 aromatic heterocycles. The van der Waals surface area contributed by atoms with E-state index in [-0.39, 0.29) is 0 Å². The van der Waals surface area contributed by atoms with Crippen LogP contribution >= 0.6 is 11.3 Å². The number of carbonyl (C=O) groups excluding carboxylic acids is 2. The fourth-order valence-electron chi connectivity index (χ4n) is 1.63. The second kappa shape index (κ2) is 5.12. The highest BCUT2D eigenvalue weighted by atomic mass is 32.1. The molecule has 0 bridgehead atoms. The third-order valence-corrected chi connectivity index (χ3v) is 3.38. The third-order valence-electron chi connectivity index (χ3n) is 2.45. The lowest BCUT2D eigenvalue weighted by molar-refractivity contribution is -0.149. The van der Waals surface area contributed by atoms with Crippen LogP contribution in [0.3, 0.4) is 0 Å². The van der Waals surface area contributed by atoms with E-state index in [9.17, 15) is 9.59 Å². The highest BCUT2D eigenvalue weighted by Crippen LogP contribution is 2.14. The van der Waals surface area contributed by atoms with Crippen LogP contribution in [-0.4, -0.2) is 18.1 Å². The number of ether oxygens (including phenoxy) is 1. The van der Waals surface area contributed by atoms with Crippen LogP contribution in [-0.2, 0) is 20.7 Å². The van der Waals surface area contributed by atoms with Gasteiger partial charge < -0.3 is 10.1 Å². The Bertz CT molecular complexity index is 359. The zero-order valence-corrected chi connectivity index (χ0v) is 9.59. The van der Waals surface area contributed by atoms with E-state index in [0.717, 1.165) is 19.3 Å². The minimum atomic E-state index is -0.761. The Morgan fingerprint density at radius 3 is 2.88 bits per heavy atom. The molecule has 1 saturated heterocycles. The van der Waals surface area contributed by atoms with E-state index in [1.807, 2.05) is 6.07 Å². The fraction of sp³-hybridized carbons (Fsp3) is 0.455. The zero-order chi connectivity index (χ0) is 11.4. The Morgan fingerprint density at radius 2 is 2.25 bits per heavy atom. The first-order valence-corrected chi connectivity index (χ1v) is 6.17. The van der Waals surface area contributed by atoms with Gasteiger partial charge in [-0.05, 0) is 30.7 Å². The lowest BCUT2D eigenvalue weighted by Gasteiger charge is -2.07. The van der Waals surface area contributed by atoms with Crippen molar-refractivity contribution in [3.05, 3.63) is 22.4 Å². The highest BCUT2D eigenvalue weighted by molar-refractivity contribution is 7.09. The largest absolute Gasteiger partial charge is 0.435 e. The van der Waals surface area contributed by atoms with Crippen molar-refractivity contribution in [2.75, 3.05) is 0 Å². The van der Waals surface area contributed by atoms with Gasteiger partial charge in [-0.2, -0.15) is 0 Å². The molecule has 1 aliphatic rings. The number of aryl methyl sites for hydroxylation is 1. The SMILES string of the molecule is O=C1NC(CCCCc2cccs2)OC1=O. The van der Waals surface area contributed by atoms with Gasteiger partial charge in [0.05, 0.1) is 0 Å². The van der Waals surface area contributed by atoms with Gasteiger partial charge in [-0.15, -0.1) is 11.3 Å². The molecule has 1 unspecified atom stereocenters. The molecule has 1 atom stereocenters. The van der Waals surface area contributed by atoms with E-state index in [1.54, 1.807) is 11.3 Å². The summed E-state index contributed by atoms with van der Waals surface area (Å²) in [5.74, 6) is -1.38. The quantitative estimate of drug-likeness (QED) is 0.481. The van der Waals surface area contributed by atoms with Crippen LogP contribution < -0.4 is 5.32 Å². The molecule has 1 aliphatic heterocycles. The molecule has 1 fully saturated rings. The predicted octanol–water partition coefficient (Wildman–Crippen LogP) is 1.46. The molecule has 1 amide bonds. The second-order valence-corrected chi connectivity index (χ2v) is 4.72. The lowest BCUT2D eigenvalue weighted by Crippen LogP contribution is -2.26. The average Bonchev–Trinajstić information content (AvgIpc) is 2.85. The molecule has 0 radical (unpaired) electrons. The number of hydrogen-bond acceptors (Lipinski definition) is 4. The van der Waals surface area contributed by atoms with E-state index in [1.165, 1.54) is 4.88 Å². The van der Waals surface area contributed by atoms with Gasteiger partial charge >= 0.3 is 11.9 Å². The van der Waals surface area contributed by atoms with Crippen molar-refractivity contribution in [3.8, 4) is 0 Å². The van der Waals surface area contributed by atoms with E-state index < -0.39 is 18.1 Å². The zero-order valence-electron chi connectivity index (χ0n) is 8.77. The number of unbranched alkanes of at least 4 members (excludes halogenated alkanes) is 1. The van der Waals surface area contributed by atoms with Crippen molar-refractivity contribution >= 4 is 23.2 Å². The van der Waals surface area contributed by atoms with E-state index >= 15 is 0 Å². The van der Waals surface area contributed by atoms with Crippen LogP contribution in [0, 0.1) is 0 Å². The number of rotatable bonds is 5. The Balaban J connectivity index is 1.62. The lowest BCUT2D eigenvalue weighted by atomic mass is 10.1. The van der Waals surface area contributed by atoms with E-state index in [0.29, 0.717) is 6.42 Å². The van der Waals surface area contributed by atoms with Crippen LogP contribution in [0.2, 0.25) is 0 Å².